The van der Waals surface area contributed by atoms with Gasteiger partial charge in [0.15, 0.2) is 11.6 Å². The quantitative estimate of drug-likeness (QED) is 0.928. The van der Waals surface area contributed by atoms with Gasteiger partial charge in [0.25, 0.3) is 0 Å². The van der Waals surface area contributed by atoms with Crippen LogP contribution in [-0.4, -0.2) is 34.5 Å². The molecule has 0 saturated carbocycles. The largest absolute Gasteiger partial charge is 0.481 e. The van der Waals surface area contributed by atoms with Crippen molar-refractivity contribution in [1.82, 2.24) is 4.90 Å². The molecule has 0 bridgehead atoms. The first kappa shape index (κ1) is 15.4. The van der Waals surface area contributed by atoms with Gasteiger partial charge in [-0.05, 0) is 37.0 Å². The van der Waals surface area contributed by atoms with Crippen molar-refractivity contribution in [3.8, 4) is 0 Å². The van der Waals surface area contributed by atoms with E-state index in [0.29, 0.717) is 18.5 Å². The van der Waals surface area contributed by atoms with E-state index >= 15 is 0 Å². The second-order valence-electron chi connectivity index (χ2n) is 5.26. The zero-order valence-corrected chi connectivity index (χ0v) is 11.5. The van der Waals surface area contributed by atoms with E-state index < -0.39 is 17.6 Å². The van der Waals surface area contributed by atoms with Crippen LogP contribution in [0.2, 0.25) is 0 Å². The van der Waals surface area contributed by atoms with E-state index in [2.05, 4.69) is 0 Å². The highest BCUT2D eigenvalue weighted by Crippen LogP contribution is 2.21. The van der Waals surface area contributed by atoms with Gasteiger partial charge in [0.1, 0.15) is 0 Å². The minimum Gasteiger partial charge on any atom is -0.481 e. The first-order valence-electron chi connectivity index (χ1n) is 6.92. The Labute approximate surface area is 121 Å². The van der Waals surface area contributed by atoms with Gasteiger partial charge in [-0.2, -0.15) is 0 Å². The monoisotopic (exact) mass is 297 g/mol. The fraction of sp³-hybridized carbons (Fsp3) is 0.467. The number of likely N-dealkylation sites (tertiary alicyclic amines) is 1. The molecule has 1 unspecified atom stereocenters. The van der Waals surface area contributed by atoms with Gasteiger partial charge >= 0.3 is 5.97 Å². The molecule has 0 radical (unpaired) electrons. The Morgan fingerprint density at radius 2 is 2.00 bits per heavy atom. The van der Waals surface area contributed by atoms with Crippen molar-refractivity contribution in [3.05, 3.63) is 35.4 Å². The molecule has 0 aliphatic carbocycles. The molecule has 1 fully saturated rings. The van der Waals surface area contributed by atoms with Crippen LogP contribution in [0.4, 0.5) is 8.78 Å². The predicted molar refractivity (Wildman–Crippen MR) is 71.7 cm³/mol. The molecule has 1 heterocycles. The topological polar surface area (TPSA) is 57.6 Å². The van der Waals surface area contributed by atoms with Gasteiger partial charge < -0.3 is 10.0 Å². The normalized spacial score (nSPS) is 18.6. The van der Waals surface area contributed by atoms with Gasteiger partial charge in [-0.3, -0.25) is 9.59 Å². The highest BCUT2D eigenvalue weighted by atomic mass is 19.2. The second-order valence-corrected chi connectivity index (χ2v) is 5.26. The Morgan fingerprint density at radius 1 is 1.24 bits per heavy atom. The van der Waals surface area contributed by atoms with Gasteiger partial charge in [0.05, 0.1) is 12.8 Å². The fourth-order valence-corrected chi connectivity index (χ4v) is 2.67. The van der Waals surface area contributed by atoms with Crippen molar-refractivity contribution in [2.45, 2.75) is 38.1 Å². The molecule has 1 aliphatic rings. The van der Waals surface area contributed by atoms with E-state index in [0.717, 1.165) is 25.0 Å². The number of carbonyl (C=O) groups excluding carboxylic acids is 1. The summed E-state index contributed by atoms with van der Waals surface area (Å²) in [6.07, 6.45) is 2.26. The van der Waals surface area contributed by atoms with Crippen LogP contribution in [-0.2, 0) is 16.0 Å². The average Bonchev–Trinajstić information content (AvgIpc) is 2.43. The Kier molecular flexibility index (Phi) is 4.88. The third kappa shape index (κ3) is 4.00. The summed E-state index contributed by atoms with van der Waals surface area (Å²) in [6.45, 7) is 0.514. The van der Waals surface area contributed by atoms with Crippen molar-refractivity contribution < 1.29 is 23.5 Å². The summed E-state index contributed by atoms with van der Waals surface area (Å²) < 4.78 is 26.0. The van der Waals surface area contributed by atoms with Crippen LogP contribution in [0.25, 0.3) is 0 Å². The van der Waals surface area contributed by atoms with Crippen molar-refractivity contribution in [1.29, 1.82) is 0 Å². The standard InChI is InChI=1S/C15H17F2NO3/c16-12-5-4-10(7-13(12)17)8-14(19)18-6-2-1-3-11(18)9-15(20)21/h4-5,7,11H,1-3,6,8-9H2,(H,20,21). The maximum atomic E-state index is 13.1. The number of piperidine rings is 1. The molecule has 4 nitrogen and oxygen atoms in total. The van der Waals surface area contributed by atoms with Gasteiger partial charge in [-0.25, -0.2) is 8.78 Å². The van der Waals surface area contributed by atoms with Crippen molar-refractivity contribution >= 4 is 11.9 Å². The highest BCUT2D eigenvalue weighted by Gasteiger charge is 2.28. The summed E-state index contributed by atoms with van der Waals surface area (Å²) in [5.41, 5.74) is 0.388. The molecule has 1 aromatic carbocycles. The Bertz CT molecular complexity index is 548. The molecule has 6 heteroatoms. The van der Waals surface area contributed by atoms with Crippen LogP contribution < -0.4 is 0 Å². The number of carboxylic acid groups (broad SMARTS) is 1. The lowest BCUT2D eigenvalue weighted by Gasteiger charge is -2.35. The molecule has 2 rings (SSSR count). The van der Waals surface area contributed by atoms with Crippen molar-refractivity contribution in [3.63, 3.8) is 0 Å². The molecular formula is C15H17F2NO3. The lowest BCUT2D eigenvalue weighted by molar-refractivity contribution is -0.141. The third-order valence-corrected chi connectivity index (χ3v) is 3.70. The Balaban J connectivity index is 2.06. The summed E-state index contributed by atoms with van der Waals surface area (Å²) in [5.74, 6) is -3.12. The Hall–Kier alpha value is -1.98. The molecular weight excluding hydrogens is 280 g/mol. The predicted octanol–water partition coefficient (Wildman–Crippen LogP) is 2.36. The molecule has 1 atom stereocenters. The summed E-state index contributed by atoms with van der Waals surface area (Å²) in [7, 11) is 0. The molecule has 0 aromatic heterocycles. The minimum absolute atomic E-state index is 0.0483. The van der Waals surface area contributed by atoms with Crippen LogP contribution in [0.1, 0.15) is 31.2 Å². The lowest BCUT2D eigenvalue weighted by atomic mass is 9.98. The number of aliphatic carboxylic acids is 1. The van der Waals surface area contributed by atoms with Crippen LogP contribution in [0.15, 0.2) is 18.2 Å². The smallest absolute Gasteiger partial charge is 0.305 e. The SMILES string of the molecule is O=C(O)CC1CCCCN1C(=O)Cc1ccc(F)c(F)c1. The van der Waals surface area contributed by atoms with Crippen LogP contribution in [0.3, 0.4) is 0 Å². The zero-order valence-electron chi connectivity index (χ0n) is 11.5. The second kappa shape index (κ2) is 6.65. The molecule has 114 valence electrons. The number of rotatable bonds is 4. The molecule has 1 saturated heterocycles. The number of carboxylic acids is 1. The molecule has 1 aliphatic heterocycles. The number of nitrogens with zero attached hydrogens (tertiary/aromatic N) is 1. The van der Waals surface area contributed by atoms with E-state index in [1.807, 2.05) is 0 Å². The van der Waals surface area contributed by atoms with E-state index in [4.69, 9.17) is 5.11 Å². The van der Waals surface area contributed by atoms with E-state index in [9.17, 15) is 18.4 Å². The van der Waals surface area contributed by atoms with Crippen molar-refractivity contribution in [2.75, 3.05) is 6.54 Å². The summed E-state index contributed by atoms with van der Waals surface area (Å²) in [5, 5.41) is 8.89. The number of benzene rings is 1. The maximum Gasteiger partial charge on any atom is 0.305 e. The third-order valence-electron chi connectivity index (χ3n) is 3.70. The molecule has 21 heavy (non-hydrogen) atoms. The lowest BCUT2D eigenvalue weighted by Crippen LogP contribution is -2.45. The number of amides is 1. The van der Waals surface area contributed by atoms with E-state index in [1.54, 1.807) is 4.90 Å². The summed E-state index contributed by atoms with van der Waals surface area (Å²) in [6, 6.07) is 3.05. The van der Waals surface area contributed by atoms with Gasteiger partial charge in [0, 0.05) is 12.6 Å². The number of halogens is 2. The number of hydrogen-bond donors (Lipinski definition) is 1. The average molecular weight is 297 g/mol. The van der Waals surface area contributed by atoms with Crippen LogP contribution in [0, 0.1) is 11.6 Å². The van der Waals surface area contributed by atoms with Crippen LogP contribution >= 0.6 is 0 Å². The van der Waals surface area contributed by atoms with Gasteiger partial charge in [-0.15, -0.1) is 0 Å². The number of carbonyl (C=O) groups is 2. The first-order valence-corrected chi connectivity index (χ1v) is 6.92. The molecule has 1 N–H and O–H groups in total. The molecule has 1 aromatic rings. The fourth-order valence-electron chi connectivity index (χ4n) is 2.67. The summed E-state index contributed by atoms with van der Waals surface area (Å²) >= 11 is 0. The number of hydrogen-bond acceptors (Lipinski definition) is 2. The van der Waals surface area contributed by atoms with Gasteiger partial charge in [0.2, 0.25) is 5.91 Å². The first-order chi connectivity index (χ1) is 9.97. The van der Waals surface area contributed by atoms with Gasteiger partial charge in [-0.1, -0.05) is 6.07 Å². The van der Waals surface area contributed by atoms with E-state index in [-0.39, 0.29) is 24.8 Å². The maximum absolute atomic E-state index is 13.1. The zero-order chi connectivity index (χ0) is 15.4. The highest BCUT2D eigenvalue weighted by molar-refractivity contribution is 5.80. The van der Waals surface area contributed by atoms with Crippen molar-refractivity contribution in [2.24, 2.45) is 0 Å². The summed E-state index contributed by atoms with van der Waals surface area (Å²) in [4.78, 5) is 24.7. The van der Waals surface area contributed by atoms with Crippen LogP contribution in [0.5, 0.6) is 0 Å². The molecule has 0 spiro atoms. The van der Waals surface area contributed by atoms with E-state index in [1.165, 1.54) is 6.07 Å². The Morgan fingerprint density at radius 3 is 2.67 bits per heavy atom. The molecule has 1 amide bonds. The minimum atomic E-state index is -0.985.